The number of halogens is 2. The van der Waals surface area contributed by atoms with Crippen LogP contribution in [0.2, 0.25) is 0 Å². The fourth-order valence-corrected chi connectivity index (χ4v) is 2.05. The molecule has 2 aromatic rings. The van der Waals surface area contributed by atoms with Crippen LogP contribution in [0.3, 0.4) is 0 Å². The Morgan fingerprint density at radius 1 is 1.12 bits per heavy atom. The molecule has 0 radical (unpaired) electrons. The quantitative estimate of drug-likeness (QED) is 0.789. The predicted octanol–water partition coefficient (Wildman–Crippen LogP) is 3.30. The maximum absolute atomic E-state index is 12.4. The minimum absolute atomic E-state index is 0.0248. The number of alkyl halides is 2. The van der Waals surface area contributed by atoms with Crippen LogP contribution in [0, 0.1) is 0 Å². The highest BCUT2D eigenvalue weighted by Crippen LogP contribution is 2.21. The van der Waals surface area contributed by atoms with E-state index < -0.39 is 12.5 Å². The Bertz CT molecular complexity index is 791. The number of ether oxygens (including phenoxy) is 1. The van der Waals surface area contributed by atoms with Crippen LogP contribution >= 0.6 is 0 Å². The van der Waals surface area contributed by atoms with Crippen molar-refractivity contribution in [1.82, 2.24) is 5.32 Å². The van der Waals surface area contributed by atoms with Crippen molar-refractivity contribution in [2.24, 2.45) is 0 Å². The minimum atomic E-state index is -2.95. The van der Waals surface area contributed by atoms with Crippen LogP contribution in [0.15, 0.2) is 54.6 Å². The summed E-state index contributed by atoms with van der Waals surface area (Å²) in [6, 6.07) is 12.5. The molecule has 0 saturated carbocycles. The van der Waals surface area contributed by atoms with E-state index in [1.165, 1.54) is 31.3 Å². The van der Waals surface area contributed by atoms with Crippen molar-refractivity contribution in [2.75, 3.05) is 12.4 Å². The van der Waals surface area contributed by atoms with Crippen molar-refractivity contribution in [3.05, 3.63) is 65.7 Å². The van der Waals surface area contributed by atoms with Gasteiger partial charge < -0.3 is 15.4 Å². The molecule has 0 atom stereocenters. The standard InChI is InChI=1S/C18H16F2N2O3/c1-21-17(24)13-6-4-7-14(11-13)22-16(23)10-9-12-5-2-3-8-15(12)25-18(19)20/h2-11,18H,1H3,(H,21,24)(H,22,23)/b10-9+. The topological polar surface area (TPSA) is 67.4 Å². The second kappa shape index (κ2) is 8.58. The molecule has 2 N–H and O–H groups in total. The molecule has 0 heterocycles. The second-order valence-corrected chi connectivity index (χ2v) is 4.90. The van der Waals surface area contributed by atoms with Gasteiger partial charge in [-0.25, -0.2) is 0 Å². The number of carbonyl (C=O) groups is 2. The van der Waals surface area contributed by atoms with Gasteiger partial charge in [-0.1, -0.05) is 24.3 Å². The third kappa shape index (κ3) is 5.42. The maximum atomic E-state index is 12.4. The molecule has 0 aliphatic heterocycles. The van der Waals surface area contributed by atoms with Crippen LogP contribution in [0.1, 0.15) is 15.9 Å². The molecule has 25 heavy (non-hydrogen) atoms. The average Bonchev–Trinajstić information content (AvgIpc) is 2.60. The molecule has 0 fully saturated rings. The summed E-state index contributed by atoms with van der Waals surface area (Å²) < 4.78 is 29.1. The Kier molecular flexibility index (Phi) is 6.22. The largest absolute Gasteiger partial charge is 0.434 e. The smallest absolute Gasteiger partial charge is 0.387 e. The summed E-state index contributed by atoms with van der Waals surface area (Å²) in [6.45, 7) is -2.95. The average molecular weight is 346 g/mol. The Labute approximate surface area is 143 Å². The summed E-state index contributed by atoms with van der Waals surface area (Å²) in [7, 11) is 1.51. The summed E-state index contributed by atoms with van der Waals surface area (Å²) in [5.41, 5.74) is 1.19. The number of rotatable bonds is 6. The van der Waals surface area contributed by atoms with Gasteiger partial charge in [0.15, 0.2) is 0 Å². The second-order valence-electron chi connectivity index (χ2n) is 4.90. The Balaban J connectivity index is 2.08. The third-order valence-electron chi connectivity index (χ3n) is 3.17. The van der Waals surface area contributed by atoms with Crippen molar-refractivity contribution >= 4 is 23.6 Å². The van der Waals surface area contributed by atoms with Crippen LogP contribution in [0.25, 0.3) is 6.08 Å². The summed E-state index contributed by atoms with van der Waals surface area (Å²) in [5.74, 6) is -0.770. The van der Waals surface area contributed by atoms with E-state index in [-0.39, 0.29) is 11.7 Å². The van der Waals surface area contributed by atoms with Gasteiger partial charge in [-0.15, -0.1) is 0 Å². The molecule has 130 valence electrons. The molecule has 0 aliphatic carbocycles. The molecule has 0 bridgehead atoms. The van der Waals surface area contributed by atoms with Gasteiger partial charge in [0.1, 0.15) is 5.75 Å². The number of amides is 2. The van der Waals surface area contributed by atoms with Gasteiger partial charge in [0.25, 0.3) is 5.91 Å². The molecule has 0 aromatic heterocycles. The lowest BCUT2D eigenvalue weighted by atomic mass is 10.1. The zero-order chi connectivity index (χ0) is 18.2. The number of para-hydroxylation sites is 1. The first kappa shape index (κ1) is 18.1. The van der Waals surface area contributed by atoms with E-state index >= 15 is 0 Å². The Morgan fingerprint density at radius 2 is 1.88 bits per heavy atom. The van der Waals surface area contributed by atoms with Gasteiger partial charge in [0.2, 0.25) is 5.91 Å². The third-order valence-corrected chi connectivity index (χ3v) is 3.17. The van der Waals surface area contributed by atoms with Gasteiger partial charge in [0, 0.05) is 29.9 Å². The normalized spacial score (nSPS) is 10.7. The molecule has 0 aliphatic rings. The van der Waals surface area contributed by atoms with E-state index in [1.807, 2.05) is 0 Å². The lowest BCUT2D eigenvalue weighted by molar-refractivity contribution is -0.111. The van der Waals surface area contributed by atoms with Crippen molar-refractivity contribution in [3.8, 4) is 5.75 Å². The molecular formula is C18H16F2N2O3. The Morgan fingerprint density at radius 3 is 2.60 bits per heavy atom. The zero-order valence-corrected chi connectivity index (χ0v) is 13.3. The van der Waals surface area contributed by atoms with E-state index in [2.05, 4.69) is 15.4 Å². The highest BCUT2D eigenvalue weighted by Gasteiger charge is 2.08. The van der Waals surface area contributed by atoms with Crippen LogP contribution in [0.4, 0.5) is 14.5 Å². The fraction of sp³-hybridized carbons (Fsp3) is 0.111. The summed E-state index contributed by atoms with van der Waals surface area (Å²) in [5, 5.41) is 5.09. The first-order valence-electron chi connectivity index (χ1n) is 7.34. The van der Waals surface area contributed by atoms with Crippen molar-refractivity contribution in [1.29, 1.82) is 0 Å². The van der Waals surface area contributed by atoms with Gasteiger partial charge in [-0.3, -0.25) is 9.59 Å². The molecule has 2 amide bonds. The van der Waals surface area contributed by atoms with E-state index in [4.69, 9.17) is 0 Å². The number of benzene rings is 2. The minimum Gasteiger partial charge on any atom is -0.434 e. The SMILES string of the molecule is CNC(=O)c1cccc(NC(=O)/C=C/c2ccccc2OC(F)F)c1. The molecular weight excluding hydrogens is 330 g/mol. The maximum Gasteiger partial charge on any atom is 0.387 e. The van der Waals surface area contributed by atoms with E-state index in [9.17, 15) is 18.4 Å². The van der Waals surface area contributed by atoms with Gasteiger partial charge in [-0.05, 0) is 30.3 Å². The van der Waals surface area contributed by atoms with Crippen LogP contribution in [-0.2, 0) is 4.79 Å². The van der Waals surface area contributed by atoms with E-state index in [1.54, 1.807) is 36.4 Å². The number of hydrogen-bond acceptors (Lipinski definition) is 3. The summed E-state index contributed by atoms with van der Waals surface area (Å²) >= 11 is 0. The fourth-order valence-electron chi connectivity index (χ4n) is 2.05. The first-order chi connectivity index (χ1) is 12.0. The van der Waals surface area contributed by atoms with Crippen molar-refractivity contribution in [2.45, 2.75) is 6.61 Å². The highest BCUT2D eigenvalue weighted by atomic mass is 19.3. The first-order valence-corrected chi connectivity index (χ1v) is 7.34. The number of carbonyl (C=O) groups excluding carboxylic acids is 2. The van der Waals surface area contributed by atoms with Gasteiger partial charge in [0.05, 0.1) is 0 Å². The Hall–Kier alpha value is -3.22. The number of nitrogens with one attached hydrogen (secondary N) is 2. The molecule has 0 unspecified atom stereocenters. The molecule has 2 rings (SSSR count). The van der Waals surface area contributed by atoms with E-state index in [0.717, 1.165) is 0 Å². The van der Waals surface area contributed by atoms with Crippen molar-refractivity contribution in [3.63, 3.8) is 0 Å². The molecule has 0 saturated heterocycles. The summed E-state index contributed by atoms with van der Waals surface area (Å²) in [4.78, 5) is 23.6. The van der Waals surface area contributed by atoms with Crippen LogP contribution in [0.5, 0.6) is 5.75 Å². The lowest BCUT2D eigenvalue weighted by Gasteiger charge is -2.07. The van der Waals surface area contributed by atoms with Gasteiger partial charge in [-0.2, -0.15) is 8.78 Å². The lowest BCUT2D eigenvalue weighted by Crippen LogP contribution is -2.18. The van der Waals surface area contributed by atoms with Crippen LogP contribution in [-0.4, -0.2) is 25.5 Å². The molecule has 0 spiro atoms. The molecule has 5 nitrogen and oxygen atoms in total. The van der Waals surface area contributed by atoms with Gasteiger partial charge >= 0.3 is 6.61 Å². The van der Waals surface area contributed by atoms with Crippen molar-refractivity contribution < 1.29 is 23.1 Å². The highest BCUT2D eigenvalue weighted by molar-refractivity contribution is 6.03. The number of hydrogen-bond donors (Lipinski definition) is 2. The zero-order valence-electron chi connectivity index (χ0n) is 13.3. The van der Waals surface area contributed by atoms with E-state index in [0.29, 0.717) is 16.8 Å². The molecule has 2 aromatic carbocycles. The predicted molar refractivity (Wildman–Crippen MR) is 90.6 cm³/mol. The molecule has 7 heteroatoms. The number of anilines is 1. The monoisotopic (exact) mass is 346 g/mol. The van der Waals surface area contributed by atoms with Crippen LogP contribution < -0.4 is 15.4 Å². The summed E-state index contributed by atoms with van der Waals surface area (Å²) in [6.07, 6.45) is 2.57.